The molecular formula is C17H21ClO2. The largest absolute Gasteiger partial charge is 0.492 e. The zero-order valence-electron chi connectivity index (χ0n) is 12.2. The first-order valence-corrected chi connectivity index (χ1v) is 7.86. The molecule has 0 saturated heterocycles. The second-order valence-corrected chi connectivity index (χ2v) is 7.13. The van der Waals surface area contributed by atoms with Gasteiger partial charge < -0.3 is 4.74 Å². The molecule has 1 heterocycles. The van der Waals surface area contributed by atoms with Crippen LogP contribution in [-0.2, 0) is 6.42 Å². The van der Waals surface area contributed by atoms with E-state index in [-0.39, 0.29) is 17.1 Å². The summed E-state index contributed by atoms with van der Waals surface area (Å²) in [6.45, 7) is 5.07. The van der Waals surface area contributed by atoms with Gasteiger partial charge in [-0.3, -0.25) is 4.79 Å². The summed E-state index contributed by atoms with van der Waals surface area (Å²) in [5, 5.41) is 0.645. The van der Waals surface area contributed by atoms with Crippen LogP contribution in [0.5, 0.6) is 5.75 Å². The summed E-state index contributed by atoms with van der Waals surface area (Å²) < 4.78 is 5.69. The van der Waals surface area contributed by atoms with E-state index in [4.69, 9.17) is 16.3 Å². The van der Waals surface area contributed by atoms with Gasteiger partial charge in [0.05, 0.1) is 12.2 Å². The fourth-order valence-corrected chi connectivity index (χ4v) is 3.86. The van der Waals surface area contributed by atoms with Crippen LogP contribution in [0.25, 0.3) is 0 Å². The van der Waals surface area contributed by atoms with Crippen LogP contribution in [0.2, 0.25) is 5.02 Å². The Kier molecular flexibility index (Phi) is 3.53. The Bertz CT molecular complexity index is 548. The Morgan fingerprint density at radius 3 is 2.90 bits per heavy atom. The van der Waals surface area contributed by atoms with E-state index in [1.165, 1.54) is 6.42 Å². The highest BCUT2D eigenvalue weighted by molar-refractivity contribution is 6.31. The highest BCUT2D eigenvalue weighted by Gasteiger charge is 2.39. The maximum Gasteiger partial charge on any atom is 0.170 e. The number of Topliss-reactive ketones (excluding diaryl/α,β-unsaturated/α-hetero) is 1. The third-order valence-electron chi connectivity index (χ3n) is 4.84. The third-order valence-corrected chi connectivity index (χ3v) is 5.06. The smallest absolute Gasteiger partial charge is 0.170 e. The normalized spacial score (nSPS) is 24.1. The number of hydrogen-bond acceptors (Lipinski definition) is 2. The summed E-state index contributed by atoms with van der Waals surface area (Å²) in [6, 6.07) is 3.71. The van der Waals surface area contributed by atoms with Crippen molar-refractivity contribution in [2.24, 2.45) is 11.3 Å². The topological polar surface area (TPSA) is 26.3 Å². The molecule has 3 heteroatoms. The second kappa shape index (κ2) is 5.07. The Balaban J connectivity index is 1.99. The van der Waals surface area contributed by atoms with Crippen molar-refractivity contribution < 1.29 is 9.53 Å². The molecule has 1 aliphatic carbocycles. The van der Waals surface area contributed by atoms with E-state index in [0.29, 0.717) is 17.2 Å². The van der Waals surface area contributed by atoms with Gasteiger partial charge in [-0.2, -0.15) is 0 Å². The van der Waals surface area contributed by atoms with Crippen molar-refractivity contribution in [3.05, 3.63) is 28.3 Å². The molecule has 2 aliphatic rings. The quantitative estimate of drug-likeness (QED) is 0.740. The molecule has 0 spiro atoms. The van der Waals surface area contributed by atoms with Crippen LogP contribution >= 0.6 is 11.6 Å². The zero-order valence-corrected chi connectivity index (χ0v) is 12.9. The minimum absolute atomic E-state index is 0.0726. The van der Waals surface area contributed by atoms with Crippen LogP contribution in [0.4, 0.5) is 0 Å². The summed E-state index contributed by atoms with van der Waals surface area (Å²) in [5.41, 5.74) is 1.85. The van der Waals surface area contributed by atoms with Gasteiger partial charge >= 0.3 is 0 Å². The van der Waals surface area contributed by atoms with Gasteiger partial charge in [0, 0.05) is 17.4 Å². The van der Waals surface area contributed by atoms with Gasteiger partial charge in [0.1, 0.15) is 5.75 Å². The second-order valence-electron chi connectivity index (χ2n) is 6.69. The van der Waals surface area contributed by atoms with Crippen molar-refractivity contribution >= 4 is 17.4 Å². The predicted molar refractivity (Wildman–Crippen MR) is 80.7 cm³/mol. The molecule has 0 bridgehead atoms. The van der Waals surface area contributed by atoms with Crippen LogP contribution < -0.4 is 4.74 Å². The monoisotopic (exact) mass is 292 g/mol. The first-order valence-electron chi connectivity index (χ1n) is 7.48. The molecular weight excluding hydrogens is 272 g/mol. The van der Waals surface area contributed by atoms with E-state index < -0.39 is 0 Å². The standard InChI is InChI=1S/C17H21ClO2/c1-17(2)7-4-3-5-14(17)15(19)13-10-12(18)9-11-6-8-20-16(11)13/h9-10,14H,3-8H2,1-2H3. The maximum absolute atomic E-state index is 13.0. The Morgan fingerprint density at radius 1 is 1.35 bits per heavy atom. The van der Waals surface area contributed by atoms with Crippen LogP contribution in [-0.4, -0.2) is 12.4 Å². The van der Waals surface area contributed by atoms with E-state index in [2.05, 4.69) is 13.8 Å². The Labute approximate surface area is 125 Å². The Hall–Kier alpha value is -1.02. The summed E-state index contributed by atoms with van der Waals surface area (Å²) in [6.07, 6.45) is 5.31. The molecule has 1 fully saturated rings. The number of ether oxygens (including phenoxy) is 1. The van der Waals surface area contributed by atoms with Crippen molar-refractivity contribution in [2.75, 3.05) is 6.61 Å². The molecule has 1 unspecified atom stereocenters. The number of rotatable bonds is 2. The van der Waals surface area contributed by atoms with Crippen LogP contribution in [0.1, 0.15) is 55.5 Å². The summed E-state index contributed by atoms with van der Waals surface area (Å²) in [4.78, 5) is 13.0. The number of fused-ring (bicyclic) bond motifs is 1. The lowest BCUT2D eigenvalue weighted by molar-refractivity contribution is 0.0694. The van der Waals surface area contributed by atoms with Gasteiger partial charge in [0.15, 0.2) is 5.78 Å². The summed E-state index contributed by atoms with van der Waals surface area (Å²) >= 11 is 6.17. The van der Waals surface area contributed by atoms with Gasteiger partial charge in [0.25, 0.3) is 0 Å². The average Bonchev–Trinajstić information content (AvgIpc) is 2.84. The van der Waals surface area contributed by atoms with Gasteiger partial charge in [-0.15, -0.1) is 0 Å². The molecule has 1 aromatic carbocycles. The minimum atomic E-state index is 0.0726. The molecule has 3 rings (SSSR count). The summed E-state index contributed by atoms with van der Waals surface area (Å²) in [5.74, 6) is 1.08. The molecule has 0 radical (unpaired) electrons. The lowest BCUT2D eigenvalue weighted by atomic mass is 9.66. The van der Waals surface area contributed by atoms with E-state index in [1.54, 1.807) is 6.07 Å². The minimum Gasteiger partial charge on any atom is -0.492 e. The van der Waals surface area contributed by atoms with E-state index in [0.717, 1.165) is 37.0 Å². The van der Waals surface area contributed by atoms with Crippen LogP contribution in [0.3, 0.4) is 0 Å². The molecule has 0 aromatic heterocycles. The van der Waals surface area contributed by atoms with Gasteiger partial charge in [-0.05, 0) is 36.0 Å². The number of ketones is 1. The maximum atomic E-state index is 13.0. The van der Waals surface area contributed by atoms with Crippen molar-refractivity contribution in [3.8, 4) is 5.75 Å². The molecule has 1 aliphatic heterocycles. The molecule has 1 atom stereocenters. The molecule has 0 N–H and O–H groups in total. The van der Waals surface area contributed by atoms with Crippen molar-refractivity contribution in [1.82, 2.24) is 0 Å². The highest BCUT2D eigenvalue weighted by atomic mass is 35.5. The molecule has 108 valence electrons. The van der Waals surface area contributed by atoms with Crippen molar-refractivity contribution in [2.45, 2.75) is 46.0 Å². The highest BCUT2D eigenvalue weighted by Crippen LogP contribution is 2.44. The molecule has 20 heavy (non-hydrogen) atoms. The van der Waals surface area contributed by atoms with Crippen LogP contribution in [0.15, 0.2) is 12.1 Å². The molecule has 0 amide bonds. The molecule has 1 saturated carbocycles. The number of carbonyl (C=O) groups excluding carboxylic acids is 1. The number of carbonyl (C=O) groups is 1. The van der Waals surface area contributed by atoms with Crippen molar-refractivity contribution in [1.29, 1.82) is 0 Å². The molecule has 2 nitrogen and oxygen atoms in total. The first-order chi connectivity index (χ1) is 9.49. The van der Waals surface area contributed by atoms with Gasteiger partial charge in [-0.25, -0.2) is 0 Å². The fraction of sp³-hybridized carbons (Fsp3) is 0.588. The number of benzene rings is 1. The Morgan fingerprint density at radius 2 is 2.15 bits per heavy atom. The first kappa shape index (κ1) is 13.9. The lowest BCUT2D eigenvalue weighted by Crippen LogP contribution is -2.34. The number of halogens is 1. The van der Waals surface area contributed by atoms with Crippen LogP contribution in [0, 0.1) is 11.3 Å². The van der Waals surface area contributed by atoms with Gasteiger partial charge in [-0.1, -0.05) is 38.3 Å². The SMILES string of the molecule is CC1(C)CCCCC1C(=O)c1cc(Cl)cc2c1OCC2. The zero-order chi connectivity index (χ0) is 14.3. The van der Waals surface area contributed by atoms with E-state index >= 15 is 0 Å². The van der Waals surface area contributed by atoms with E-state index in [9.17, 15) is 4.79 Å². The number of hydrogen-bond donors (Lipinski definition) is 0. The summed E-state index contributed by atoms with van der Waals surface area (Å²) in [7, 11) is 0. The third kappa shape index (κ3) is 2.35. The fourth-order valence-electron chi connectivity index (χ4n) is 3.62. The average molecular weight is 293 g/mol. The van der Waals surface area contributed by atoms with E-state index in [1.807, 2.05) is 6.07 Å². The van der Waals surface area contributed by atoms with Gasteiger partial charge in [0.2, 0.25) is 0 Å². The predicted octanol–water partition coefficient (Wildman–Crippen LogP) is 4.67. The molecule has 1 aromatic rings. The van der Waals surface area contributed by atoms with Crippen molar-refractivity contribution in [3.63, 3.8) is 0 Å². The lowest BCUT2D eigenvalue weighted by Gasteiger charge is -2.37.